The number of hydrogen-bond acceptors (Lipinski definition) is 1. The van der Waals surface area contributed by atoms with Gasteiger partial charge in [0.25, 0.3) is 5.91 Å². The van der Waals surface area contributed by atoms with Crippen LogP contribution in [0.4, 0.5) is 4.39 Å². The van der Waals surface area contributed by atoms with Crippen molar-refractivity contribution in [1.82, 2.24) is 4.90 Å². The molecular formula is C19H17BrFNO. The molecule has 0 aliphatic heterocycles. The van der Waals surface area contributed by atoms with Gasteiger partial charge in [-0.05, 0) is 55.0 Å². The predicted molar refractivity (Wildman–Crippen MR) is 90.8 cm³/mol. The van der Waals surface area contributed by atoms with Gasteiger partial charge >= 0.3 is 0 Å². The quantitative estimate of drug-likeness (QED) is 0.750. The SMILES string of the molecule is O=C(c1cc(Br)ccc1F)N(C1CC1)C1CCc2ccccc21. The largest absolute Gasteiger partial charge is 0.329 e. The van der Waals surface area contributed by atoms with E-state index in [4.69, 9.17) is 0 Å². The number of hydrogen-bond donors (Lipinski definition) is 0. The van der Waals surface area contributed by atoms with Gasteiger partial charge < -0.3 is 4.90 Å². The minimum Gasteiger partial charge on any atom is -0.329 e. The molecule has 2 aromatic rings. The molecule has 0 heterocycles. The molecule has 1 atom stereocenters. The summed E-state index contributed by atoms with van der Waals surface area (Å²) in [5.74, 6) is -0.636. The Morgan fingerprint density at radius 2 is 1.91 bits per heavy atom. The first-order valence-electron chi connectivity index (χ1n) is 8.00. The van der Waals surface area contributed by atoms with Crippen LogP contribution in [0, 0.1) is 5.82 Å². The van der Waals surface area contributed by atoms with E-state index >= 15 is 0 Å². The van der Waals surface area contributed by atoms with Crippen LogP contribution in [0.3, 0.4) is 0 Å². The first-order chi connectivity index (χ1) is 11.1. The number of carbonyl (C=O) groups is 1. The average molecular weight is 374 g/mol. The topological polar surface area (TPSA) is 20.3 Å². The van der Waals surface area contributed by atoms with Crippen molar-refractivity contribution in [2.75, 3.05) is 0 Å². The minimum absolute atomic E-state index is 0.0737. The van der Waals surface area contributed by atoms with Gasteiger partial charge in [0.2, 0.25) is 0 Å². The Labute approximate surface area is 143 Å². The molecule has 4 rings (SSSR count). The van der Waals surface area contributed by atoms with Crippen molar-refractivity contribution in [1.29, 1.82) is 0 Å². The first kappa shape index (κ1) is 14.9. The Bertz CT molecular complexity index is 772. The van der Waals surface area contributed by atoms with Crippen LogP contribution in [-0.2, 0) is 6.42 Å². The third-order valence-electron chi connectivity index (χ3n) is 4.77. The summed E-state index contributed by atoms with van der Waals surface area (Å²) in [6, 6.07) is 13.2. The number of halogens is 2. The zero-order chi connectivity index (χ0) is 16.0. The van der Waals surface area contributed by atoms with Crippen molar-refractivity contribution in [3.8, 4) is 0 Å². The summed E-state index contributed by atoms with van der Waals surface area (Å²) in [6.07, 6.45) is 3.94. The monoisotopic (exact) mass is 373 g/mol. The van der Waals surface area contributed by atoms with Crippen LogP contribution >= 0.6 is 15.9 Å². The van der Waals surface area contributed by atoms with E-state index in [-0.39, 0.29) is 23.6 Å². The lowest BCUT2D eigenvalue weighted by molar-refractivity contribution is 0.0653. The van der Waals surface area contributed by atoms with Crippen molar-refractivity contribution >= 4 is 21.8 Å². The summed E-state index contributed by atoms with van der Waals surface area (Å²) in [6.45, 7) is 0. The molecule has 118 valence electrons. The first-order valence-corrected chi connectivity index (χ1v) is 8.80. The highest BCUT2D eigenvalue weighted by atomic mass is 79.9. The van der Waals surface area contributed by atoms with Gasteiger partial charge in [-0.25, -0.2) is 4.39 Å². The lowest BCUT2D eigenvalue weighted by Crippen LogP contribution is -2.36. The highest BCUT2D eigenvalue weighted by molar-refractivity contribution is 9.10. The predicted octanol–water partition coefficient (Wildman–Crippen LogP) is 4.88. The molecule has 1 amide bonds. The summed E-state index contributed by atoms with van der Waals surface area (Å²) < 4.78 is 14.9. The number of nitrogens with zero attached hydrogens (tertiary/aromatic N) is 1. The number of carbonyl (C=O) groups excluding carboxylic acids is 1. The highest BCUT2D eigenvalue weighted by Crippen LogP contribution is 2.42. The lowest BCUT2D eigenvalue weighted by atomic mass is 10.0. The molecule has 2 aromatic carbocycles. The number of amides is 1. The third-order valence-corrected chi connectivity index (χ3v) is 5.26. The average Bonchev–Trinajstić information content (AvgIpc) is 3.30. The maximum absolute atomic E-state index is 14.2. The molecular weight excluding hydrogens is 357 g/mol. The normalized spacial score (nSPS) is 19.5. The Morgan fingerprint density at radius 1 is 1.13 bits per heavy atom. The smallest absolute Gasteiger partial charge is 0.257 e. The van der Waals surface area contributed by atoms with E-state index in [1.165, 1.54) is 17.2 Å². The number of fused-ring (bicyclic) bond motifs is 1. The minimum atomic E-state index is -0.449. The van der Waals surface area contributed by atoms with Crippen LogP contribution < -0.4 is 0 Å². The van der Waals surface area contributed by atoms with Crippen molar-refractivity contribution in [2.24, 2.45) is 0 Å². The molecule has 0 N–H and O–H groups in total. The molecule has 1 unspecified atom stereocenters. The van der Waals surface area contributed by atoms with Crippen molar-refractivity contribution in [3.05, 3.63) is 69.4 Å². The Morgan fingerprint density at radius 3 is 2.70 bits per heavy atom. The fraction of sp³-hybridized carbons (Fsp3) is 0.316. The second kappa shape index (κ2) is 5.75. The van der Waals surface area contributed by atoms with E-state index in [1.54, 1.807) is 12.1 Å². The van der Waals surface area contributed by atoms with Gasteiger partial charge in [-0.15, -0.1) is 0 Å². The Balaban J connectivity index is 1.72. The Kier molecular flexibility index (Phi) is 3.72. The molecule has 2 aliphatic carbocycles. The molecule has 0 aromatic heterocycles. The van der Waals surface area contributed by atoms with E-state index < -0.39 is 5.82 Å². The lowest BCUT2D eigenvalue weighted by Gasteiger charge is -2.30. The molecule has 2 aliphatic rings. The van der Waals surface area contributed by atoms with E-state index in [0.29, 0.717) is 0 Å². The molecule has 1 saturated carbocycles. The molecule has 0 bridgehead atoms. The second-order valence-corrected chi connectivity index (χ2v) is 7.24. The summed E-state index contributed by atoms with van der Waals surface area (Å²) in [4.78, 5) is 15.0. The van der Waals surface area contributed by atoms with Crippen molar-refractivity contribution < 1.29 is 9.18 Å². The molecule has 0 spiro atoms. The van der Waals surface area contributed by atoms with Crippen LogP contribution in [0.2, 0.25) is 0 Å². The van der Waals surface area contributed by atoms with Crippen LogP contribution in [0.15, 0.2) is 46.9 Å². The van der Waals surface area contributed by atoms with Gasteiger partial charge in [0.05, 0.1) is 11.6 Å². The van der Waals surface area contributed by atoms with Gasteiger partial charge in [0.15, 0.2) is 0 Å². The molecule has 23 heavy (non-hydrogen) atoms. The summed E-state index contributed by atoms with van der Waals surface area (Å²) in [5.41, 5.74) is 2.70. The van der Waals surface area contributed by atoms with E-state index in [0.717, 1.165) is 30.2 Å². The van der Waals surface area contributed by atoms with Crippen LogP contribution in [0.5, 0.6) is 0 Å². The van der Waals surface area contributed by atoms with Gasteiger partial charge in [-0.2, -0.15) is 0 Å². The van der Waals surface area contributed by atoms with E-state index in [1.807, 2.05) is 17.0 Å². The molecule has 2 nitrogen and oxygen atoms in total. The van der Waals surface area contributed by atoms with Crippen molar-refractivity contribution in [2.45, 2.75) is 37.8 Å². The van der Waals surface area contributed by atoms with Gasteiger partial charge in [-0.1, -0.05) is 40.2 Å². The fourth-order valence-corrected chi connectivity index (χ4v) is 3.90. The molecule has 0 saturated heterocycles. The maximum atomic E-state index is 14.2. The van der Waals surface area contributed by atoms with Gasteiger partial charge in [-0.3, -0.25) is 4.79 Å². The summed E-state index contributed by atoms with van der Waals surface area (Å²) >= 11 is 3.34. The maximum Gasteiger partial charge on any atom is 0.257 e. The second-order valence-electron chi connectivity index (χ2n) is 6.32. The standard InChI is InChI=1S/C19H17BrFNO/c20-13-6-9-17(21)16(11-13)19(23)22(14-7-8-14)18-10-5-12-3-1-2-4-15(12)18/h1-4,6,9,11,14,18H,5,7-8,10H2. The molecule has 4 heteroatoms. The number of aryl methyl sites for hydroxylation is 1. The third kappa shape index (κ3) is 2.69. The van der Waals surface area contributed by atoms with Crippen LogP contribution in [0.1, 0.15) is 46.8 Å². The summed E-state index contributed by atoms with van der Waals surface area (Å²) in [5, 5.41) is 0. The van der Waals surface area contributed by atoms with Gasteiger partial charge in [0.1, 0.15) is 5.82 Å². The number of benzene rings is 2. The zero-order valence-electron chi connectivity index (χ0n) is 12.6. The molecule has 0 radical (unpaired) electrons. The molecule has 1 fully saturated rings. The fourth-order valence-electron chi connectivity index (χ4n) is 3.54. The van der Waals surface area contributed by atoms with Crippen LogP contribution in [0.25, 0.3) is 0 Å². The van der Waals surface area contributed by atoms with Gasteiger partial charge in [0, 0.05) is 10.5 Å². The highest BCUT2D eigenvalue weighted by Gasteiger charge is 2.41. The Hall–Kier alpha value is -1.68. The van der Waals surface area contributed by atoms with Crippen molar-refractivity contribution in [3.63, 3.8) is 0 Å². The van der Waals surface area contributed by atoms with E-state index in [9.17, 15) is 9.18 Å². The van der Waals surface area contributed by atoms with E-state index in [2.05, 4.69) is 28.1 Å². The zero-order valence-corrected chi connectivity index (χ0v) is 14.2. The number of rotatable bonds is 3. The summed E-state index contributed by atoms with van der Waals surface area (Å²) in [7, 11) is 0. The van der Waals surface area contributed by atoms with Crippen LogP contribution in [-0.4, -0.2) is 16.8 Å².